The number of nitrogens with one attached hydrogen (secondary N) is 1. The molecule has 1 amide bonds. The number of nitrogens with zero attached hydrogens (tertiary/aromatic N) is 1. The van der Waals surface area contributed by atoms with Crippen molar-refractivity contribution in [3.8, 4) is 0 Å². The van der Waals surface area contributed by atoms with E-state index >= 15 is 0 Å². The van der Waals surface area contributed by atoms with Crippen LogP contribution in [0.15, 0.2) is 24.3 Å². The largest absolute Gasteiger partial charge is 0.352 e. The molecule has 0 radical (unpaired) electrons. The molecule has 0 unspecified atom stereocenters. The predicted octanol–water partition coefficient (Wildman–Crippen LogP) is 1.92. The molecule has 0 bridgehead atoms. The summed E-state index contributed by atoms with van der Waals surface area (Å²) in [6.45, 7) is 8.36. The molecule has 1 aromatic rings. The molecule has 3 N–H and O–H groups in total. The van der Waals surface area contributed by atoms with E-state index in [1.807, 2.05) is 12.1 Å². The number of hydrogen-bond donors (Lipinski definition) is 2. The van der Waals surface area contributed by atoms with E-state index in [2.05, 4.69) is 36.2 Å². The number of halogens is 1. The maximum atomic E-state index is 11.4. The molecule has 114 valence electrons. The second kappa shape index (κ2) is 10.7. The van der Waals surface area contributed by atoms with Crippen LogP contribution in [-0.2, 0) is 17.9 Å². The number of carbonyl (C=O) groups excluding carboxylic acids is 1. The molecule has 0 aliphatic rings. The van der Waals surface area contributed by atoms with Gasteiger partial charge in [-0.05, 0) is 24.2 Å². The summed E-state index contributed by atoms with van der Waals surface area (Å²) in [5.41, 5.74) is 7.76. The van der Waals surface area contributed by atoms with Gasteiger partial charge in [0.05, 0.1) is 0 Å². The maximum Gasteiger partial charge on any atom is 0.221 e. The van der Waals surface area contributed by atoms with Crippen molar-refractivity contribution < 1.29 is 4.79 Å². The van der Waals surface area contributed by atoms with Crippen LogP contribution in [0, 0.1) is 0 Å². The molecule has 0 spiro atoms. The molecule has 1 rings (SSSR count). The molecule has 0 aliphatic heterocycles. The SMILES string of the molecule is CCN(CC)Cc1cccc(CNC(=O)CCN)c1.Cl. The first-order valence-electron chi connectivity index (χ1n) is 6.96. The summed E-state index contributed by atoms with van der Waals surface area (Å²) in [6, 6.07) is 8.36. The molecule has 0 saturated carbocycles. The normalized spacial score (nSPS) is 10.2. The lowest BCUT2D eigenvalue weighted by atomic mass is 10.1. The number of amides is 1. The van der Waals surface area contributed by atoms with Gasteiger partial charge in [-0.25, -0.2) is 0 Å². The third kappa shape index (κ3) is 6.89. The topological polar surface area (TPSA) is 58.4 Å². The van der Waals surface area contributed by atoms with Gasteiger partial charge < -0.3 is 11.1 Å². The van der Waals surface area contributed by atoms with Gasteiger partial charge >= 0.3 is 0 Å². The van der Waals surface area contributed by atoms with Crippen molar-refractivity contribution in [3.05, 3.63) is 35.4 Å². The number of hydrogen-bond acceptors (Lipinski definition) is 3. The minimum atomic E-state index is 0. The Morgan fingerprint density at radius 2 is 1.90 bits per heavy atom. The van der Waals surface area contributed by atoms with Gasteiger partial charge in [-0.1, -0.05) is 38.1 Å². The average Bonchev–Trinajstić information content (AvgIpc) is 2.43. The van der Waals surface area contributed by atoms with Crippen LogP contribution in [0.4, 0.5) is 0 Å². The van der Waals surface area contributed by atoms with E-state index in [1.165, 1.54) is 5.56 Å². The molecule has 0 aromatic heterocycles. The summed E-state index contributed by atoms with van der Waals surface area (Å²) in [5, 5.41) is 2.88. The van der Waals surface area contributed by atoms with Crippen molar-refractivity contribution in [3.63, 3.8) is 0 Å². The Morgan fingerprint density at radius 3 is 2.50 bits per heavy atom. The molecule has 5 heteroatoms. The highest BCUT2D eigenvalue weighted by molar-refractivity contribution is 5.85. The van der Waals surface area contributed by atoms with Gasteiger partial charge in [0, 0.05) is 26.1 Å². The van der Waals surface area contributed by atoms with Crippen LogP contribution in [-0.4, -0.2) is 30.4 Å². The van der Waals surface area contributed by atoms with Crippen molar-refractivity contribution in [1.82, 2.24) is 10.2 Å². The van der Waals surface area contributed by atoms with Crippen LogP contribution >= 0.6 is 12.4 Å². The highest BCUT2D eigenvalue weighted by Gasteiger charge is 2.03. The van der Waals surface area contributed by atoms with Crippen molar-refractivity contribution in [2.45, 2.75) is 33.4 Å². The third-order valence-corrected chi connectivity index (χ3v) is 3.15. The van der Waals surface area contributed by atoms with E-state index in [4.69, 9.17) is 5.73 Å². The van der Waals surface area contributed by atoms with Crippen LogP contribution in [0.2, 0.25) is 0 Å². The lowest BCUT2D eigenvalue weighted by molar-refractivity contribution is -0.121. The second-order valence-electron chi connectivity index (χ2n) is 4.60. The van der Waals surface area contributed by atoms with E-state index in [1.54, 1.807) is 0 Å². The molecule has 0 aliphatic carbocycles. The number of carbonyl (C=O) groups is 1. The standard InChI is InChI=1S/C15H25N3O.ClH/c1-3-18(4-2)12-14-7-5-6-13(10-14)11-17-15(19)8-9-16;/h5-7,10H,3-4,8-9,11-12,16H2,1-2H3,(H,17,19);1H. The number of nitrogens with two attached hydrogens (primary N) is 1. The van der Waals surface area contributed by atoms with Gasteiger partial charge in [-0.2, -0.15) is 0 Å². The van der Waals surface area contributed by atoms with Gasteiger partial charge in [0.15, 0.2) is 0 Å². The molecule has 0 heterocycles. The fourth-order valence-corrected chi connectivity index (χ4v) is 1.96. The highest BCUT2D eigenvalue weighted by Crippen LogP contribution is 2.08. The minimum Gasteiger partial charge on any atom is -0.352 e. The molecule has 1 aromatic carbocycles. The Bertz CT molecular complexity index is 394. The van der Waals surface area contributed by atoms with Crippen LogP contribution in [0.1, 0.15) is 31.4 Å². The number of rotatable bonds is 8. The smallest absolute Gasteiger partial charge is 0.221 e. The quantitative estimate of drug-likeness (QED) is 0.771. The molecular weight excluding hydrogens is 274 g/mol. The second-order valence-corrected chi connectivity index (χ2v) is 4.60. The van der Waals surface area contributed by atoms with Gasteiger partial charge in [0.1, 0.15) is 0 Å². The van der Waals surface area contributed by atoms with Crippen molar-refractivity contribution in [2.24, 2.45) is 5.73 Å². The first kappa shape index (κ1) is 18.9. The van der Waals surface area contributed by atoms with Gasteiger partial charge in [0.25, 0.3) is 0 Å². The Morgan fingerprint density at radius 1 is 1.25 bits per heavy atom. The first-order valence-corrected chi connectivity index (χ1v) is 6.96. The van der Waals surface area contributed by atoms with Crippen molar-refractivity contribution in [1.29, 1.82) is 0 Å². The molecule has 0 atom stereocenters. The zero-order valence-electron chi connectivity index (χ0n) is 12.4. The Labute approximate surface area is 128 Å². The highest BCUT2D eigenvalue weighted by atomic mass is 35.5. The van der Waals surface area contributed by atoms with Crippen LogP contribution in [0.5, 0.6) is 0 Å². The van der Waals surface area contributed by atoms with Crippen molar-refractivity contribution >= 4 is 18.3 Å². The van der Waals surface area contributed by atoms with E-state index in [9.17, 15) is 4.79 Å². The predicted molar refractivity (Wildman–Crippen MR) is 85.8 cm³/mol. The number of benzene rings is 1. The van der Waals surface area contributed by atoms with E-state index in [0.717, 1.165) is 25.2 Å². The Balaban J connectivity index is 0.00000361. The van der Waals surface area contributed by atoms with E-state index in [0.29, 0.717) is 19.5 Å². The molecule has 0 fully saturated rings. The average molecular weight is 300 g/mol. The molecule has 20 heavy (non-hydrogen) atoms. The van der Waals surface area contributed by atoms with Crippen molar-refractivity contribution in [2.75, 3.05) is 19.6 Å². The van der Waals surface area contributed by atoms with Crippen LogP contribution in [0.25, 0.3) is 0 Å². The monoisotopic (exact) mass is 299 g/mol. The fraction of sp³-hybridized carbons (Fsp3) is 0.533. The molecule has 4 nitrogen and oxygen atoms in total. The summed E-state index contributed by atoms with van der Waals surface area (Å²) in [6.07, 6.45) is 0.388. The summed E-state index contributed by atoms with van der Waals surface area (Å²) >= 11 is 0. The van der Waals surface area contributed by atoms with Crippen LogP contribution < -0.4 is 11.1 Å². The summed E-state index contributed by atoms with van der Waals surface area (Å²) in [4.78, 5) is 13.7. The molecule has 0 saturated heterocycles. The summed E-state index contributed by atoms with van der Waals surface area (Å²) in [7, 11) is 0. The van der Waals surface area contributed by atoms with E-state index < -0.39 is 0 Å². The van der Waals surface area contributed by atoms with Gasteiger partial charge in [-0.15, -0.1) is 12.4 Å². The zero-order valence-corrected chi connectivity index (χ0v) is 13.2. The fourth-order valence-electron chi connectivity index (χ4n) is 1.96. The first-order chi connectivity index (χ1) is 9.19. The summed E-state index contributed by atoms with van der Waals surface area (Å²) in [5.74, 6) is 0.0108. The molecular formula is C15H26ClN3O. The Hall–Kier alpha value is -1.10. The third-order valence-electron chi connectivity index (χ3n) is 3.15. The zero-order chi connectivity index (χ0) is 14.1. The lowest BCUT2D eigenvalue weighted by Crippen LogP contribution is -2.25. The lowest BCUT2D eigenvalue weighted by Gasteiger charge is -2.18. The van der Waals surface area contributed by atoms with Crippen LogP contribution in [0.3, 0.4) is 0 Å². The minimum absolute atomic E-state index is 0. The maximum absolute atomic E-state index is 11.4. The Kier molecular flexibility index (Phi) is 10.1. The van der Waals surface area contributed by atoms with E-state index in [-0.39, 0.29) is 18.3 Å². The van der Waals surface area contributed by atoms with Gasteiger partial charge in [0.2, 0.25) is 5.91 Å². The van der Waals surface area contributed by atoms with Gasteiger partial charge in [-0.3, -0.25) is 9.69 Å². The summed E-state index contributed by atoms with van der Waals surface area (Å²) < 4.78 is 0.